The molecule has 0 spiro atoms. The van der Waals surface area contributed by atoms with Gasteiger partial charge in [-0.25, -0.2) is 23.1 Å². The minimum atomic E-state index is -3.87. The van der Waals surface area contributed by atoms with Gasteiger partial charge in [-0.1, -0.05) is 0 Å². The largest absolute Gasteiger partial charge is 0.484 e. The summed E-state index contributed by atoms with van der Waals surface area (Å²) in [7, 11) is -3.87. The van der Waals surface area contributed by atoms with Crippen LogP contribution in [-0.2, 0) is 19.6 Å². The fourth-order valence-corrected chi connectivity index (χ4v) is 3.81. The van der Waals surface area contributed by atoms with E-state index >= 15 is 0 Å². The lowest BCUT2D eigenvalue weighted by Gasteiger charge is -2.10. The quantitative estimate of drug-likeness (QED) is 0.352. The molecule has 10 nitrogen and oxygen atoms in total. The summed E-state index contributed by atoms with van der Waals surface area (Å²) in [5, 5.41) is 8.11. The molecule has 0 saturated heterocycles. The first kappa shape index (κ1) is 23.4. The van der Waals surface area contributed by atoms with Gasteiger partial charge in [0.15, 0.2) is 6.61 Å². The minimum Gasteiger partial charge on any atom is -0.484 e. The number of fused-ring (bicyclic) bond motifs is 1. The molecule has 32 heavy (non-hydrogen) atoms. The van der Waals surface area contributed by atoms with Crippen molar-refractivity contribution in [1.29, 1.82) is 0 Å². The van der Waals surface area contributed by atoms with Crippen molar-refractivity contribution >= 4 is 54.5 Å². The van der Waals surface area contributed by atoms with Gasteiger partial charge in [-0.15, -0.1) is 0 Å². The maximum absolute atomic E-state index is 12.2. The molecule has 12 heteroatoms. The third-order valence-electron chi connectivity index (χ3n) is 4.12. The molecule has 2 aromatic carbocycles. The average Bonchev–Trinajstić information content (AvgIpc) is 2.72. The van der Waals surface area contributed by atoms with Gasteiger partial charge in [0.1, 0.15) is 16.9 Å². The molecule has 0 atom stereocenters. The van der Waals surface area contributed by atoms with Crippen molar-refractivity contribution in [2.75, 3.05) is 18.5 Å². The first-order valence-electron chi connectivity index (χ1n) is 9.08. The topological polar surface area (TPSA) is 155 Å². The van der Waals surface area contributed by atoms with E-state index in [1.54, 1.807) is 19.1 Å². The van der Waals surface area contributed by atoms with Crippen molar-refractivity contribution < 1.29 is 31.9 Å². The van der Waals surface area contributed by atoms with E-state index in [-0.39, 0.29) is 35.0 Å². The number of primary sulfonamides is 1. The van der Waals surface area contributed by atoms with E-state index in [4.69, 9.17) is 19.0 Å². The molecule has 0 bridgehead atoms. The Morgan fingerprint density at radius 3 is 2.56 bits per heavy atom. The Labute approximate surface area is 190 Å². The standard InChI is InChI=1S/C20H17BrN2O8S/c1-2-29-19(25)14-7-11-3-4-12(8-17(11)31-20(14)26)30-10-18(24)23-16-6-5-13(9-15(16)21)32(22,27)28/h3-9H,2,10H2,1H3,(H,23,24)(H2,22,27,28). The van der Waals surface area contributed by atoms with Gasteiger partial charge in [-0.05, 0) is 59.3 Å². The highest BCUT2D eigenvalue weighted by molar-refractivity contribution is 9.10. The Morgan fingerprint density at radius 1 is 1.16 bits per heavy atom. The molecule has 1 heterocycles. The van der Waals surface area contributed by atoms with Crippen LogP contribution in [0.25, 0.3) is 11.0 Å². The summed E-state index contributed by atoms with van der Waals surface area (Å²) in [6.07, 6.45) is 0. The third-order valence-corrected chi connectivity index (χ3v) is 5.68. The van der Waals surface area contributed by atoms with Crippen LogP contribution in [0.15, 0.2) is 61.0 Å². The average molecular weight is 525 g/mol. The first-order chi connectivity index (χ1) is 15.1. The minimum absolute atomic E-state index is 0.109. The van der Waals surface area contributed by atoms with Gasteiger partial charge in [0.2, 0.25) is 10.0 Å². The molecule has 0 unspecified atom stereocenters. The van der Waals surface area contributed by atoms with E-state index in [9.17, 15) is 22.8 Å². The molecule has 0 fully saturated rings. The Hall–Kier alpha value is -3.22. The van der Waals surface area contributed by atoms with Crippen LogP contribution < -0.4 is 20.8 Å². The molecule has 168 valence electrons. The number of nitrogens with one attached hydrogen (secondary N) is 1. The van der Waals surface area contributed by atoms with E-state index in [0.29, 0.717) is 15.5 Å². The molecule has 0 saturated carbocycles. The summed E-state index contributed by atoms with van der Waals surface area (Å²) < 4.78 is 38.5. The van der Waals surface area contributed by atoms with Crippen LogP contribution in [-0.4, -0.2) is 33.5 Å². The van der Waals surface area contributed by atoms with Crippen LogP contribution in [0.1, 0.15) is 17.3 Å². The van der Waals surface area contributed by atoms with Crippen LogP contribution in [0.3, 0.4) is 0 Å². The van der Waals surface area contributed by atoms with Crippen LogP contribution in [0.5, 0.6) is 5.75 Å². The highest BCUT2D eigenvalue weighted by atomic mass is 79.9. The van der Waals surface area contributed by atoms with Crippen molar-refractivity contribution in [2.24, 2.45) is 5.14 Å². The Kier molecular flexibility index (Phi) is 6.96. The molecule has 1 aromatic heterocycles. The number of amides is 1. The van der Waals surface area contributed by atoms with Crippen LogP contribution in [0, 0.1) is 0 Å². The normalized spacial score (nSPS) is 11.2. The molecule has 0 aliphatic carbocycles. The Balaban J connectivity index is 1.69. The molecular weight excluding hydrogens is 508 g/mol. The number of anilines is 1. The number of carbonyl (C=O) groups is 2. The molecule has 1 amide bonds. The van der Waals surface area contributed by atoms with Crippen molar-refractivity contribution in [2.45, 2.75) is 11.8 Å². The van der Waals surface area contributed by atoms with Gasteiger partial charge in [-0.2, -0.15) is 0 Å². The number of esters is 1. The molecule has 0 aliphatic heterocycles. The summed E-state index contributed by atoms with van der Waals surface area (Å²) in [5.41, 5.74) is -0.575. The van der Waals surface area contributed by atoms with Crippen LogP contribution in [0.2, 0.25) is 0 Å². The maximum atomic E-state index is 12.2. The van der Waals surface area contributed by atoms with E-state index < -0.39 is 27.5 Å². The van der Waals surface area contributed by atoms with Crippen molar-refractivity contribution in [3.05, 3.63) is 62.9 Å². The van der Waals surface area contributed by atoms with Crippen molar-refractivity contribution in [3.8, 4) is 5.75 Å². The molecule has 0 radical (unpaired) electrons. The van der Waals surface area contributed by atoms with Gasteiger partial charge in [-0.3, -0.25) is 4.79 Å². The highest BCUT2D eigenvalue weighted by Crippen LogP contribution is 2.25. The van der Waals surface area contributed by atoms with Gasteiger partial charge in [0.05, 0.1) is 17.2 Å². The third kappa shape index (κ3) is 5.52. The van der Waals surface area contributed by atoms with Crippen LogP contribution in [0.4, 0.5) is 5.69 Å². The predicted molar refractivity (Wildman–Crippen MR) is 118 cm³/mol. The Morgan fingerprint density at radius 2 is 1.91 bits per heavy atom. The number of nitrogens with two attached hydrogens (primary N) is 1. The van der Waals surface area contributed by atoms with Crippen molar-refractivity contribution in [3.63, 3.8) is 0 Å². The number of hydrogen-bond acceptors (Lipinski definition) is 8. The zero-order chi connectivity index (χ0) is 23.5. The zero-order valence-corrected chi connectivity index (χ0v) is 19.0. The van der Waals surface area contributed by atoms with Gasteiger partial charge >= 0.3 is 11.6 Å². The number of hydrogen-bond donors (Lipinski definition) is 2. The number of sulfonamides is 1. The lowest BCUT2D eigenvalue weighted by atomic mass is 10.2. The van der Waals surface area contributed by atoms with Gasteiger partial charge in [0.25, 0.3) is 5.91 Å². The van der Waals surface area contributed by atoms with E-state index in [1.165, 1.54) is 30.3 Å². The second kappa shape index (κ2) is 9.51. The lowest BCUT2D eigenvalue weighted by Crippen LogP contribution is -2.20. The fourth-order valence-electron chi connectivity index (χ4n) is 2.64. The molecular formula is C20H17BrN2O8S. The summed E-state index contributed by atoms with van der Waals surface area (Å²) >= 11 is 3.17. The highest BCUT2D eigenvalue weighted by Gasteiger charge is 2.16. The number of carbonyl (C=O) groups excluding carboxylic acids is 2. The second-order valence-electron chi connectivity index (χ2n) is 6.39. The number of ether oxygens (including phenoxy) is 2. The maximum Gasteiger partial charge on any atom is 0.351 e. The fraction of sp³-hybridized carbons (Fsp3) is 0.150. The smallest absolute Gasteiger partial charge is 0.351 e. The van der Waals surface area contributed by atoms with Crippen LogP contribution >= 0.6 is 15.9 Å². The lowest BCUT2D eigenvalue weighted by molar-refractivity contribution is -0.118. The monoisotopic (exact) mass is 524 g/mol. The number of benzene rings is 2. The zero-order valence-electron chi connectivity index (χ0n) is 16.6. The Bertz CT molecular complexity index is 1370. The van der Waals surface area contributed by atoms with E-state index in [2.05, 4.69) is 21.2 Å². The van der Waals surface area contributed by atoms with E-state index in [1.807, 2.05) is 0 Å². The number of halogens is 1. The second-order valence-corrected chi connectivity index (χ2v) is 8.81. The molecule has 0 aliphatic rings. The summed E-state index contributed by atoms with van der Waals surface area (Å²) in [5.74, 6) is -1.04. The van der Waals surface area contributed by atoms with Gasteiger partial charge < -0.3 is 19.2 Å². The predicted octanol–water partition coefficient (Wildman–Crippen LogP) is 2.40. The number of rotatable bonds is 7. The first-order valence-corrected chi connectivity index (χ1v) is 11.4. The summed E-state index contributed by atoms with van der Waals surface area (Å²) in [6.45, 7) is 1.37. The molecule has 3 N–H and O–H groups in total. The van der Waals surface area contributed by atoms with Gasteiger partial charge in [0, 0.05) is 15.9 Å². The van der Waals surface area contributed by atoms with Crippen molar-refractivity contribution in [1.82, 2.24) is 0 Å². The van der Waals surface area contributed by atoms with E-state index in [0.717, 1.165) is 0 Å². The summed E-state index contributed by atoms with van der Waals surface area (Å²) in [4.78, 5) is 35.9. The molecule has 3 aromatic rings. The molecule has 3 rings (SSSR count). The SMILES string of the molecule is CCOC(=O)c1cc2ccc(OCC(=O)Nc3ccc(S(N)(=O)=O)cc3Br)cc2oc1=O. The summed E-state index contributed by atoms with van der Waals surface area (Å²) in [6, 6.07) is 9.79.